The number of carboxylic acids is 1. The summed E-state index contributed by atoms with van der Waals surface area (Å²) in [7, 11) is 0. The zero-order valence-electron chi connectivity index (χ0n) is 6.72. The highest BCUT2D eigenvalue weighted by Crippen LogP contribution is 2.21. The van der Waals surface area contributed by atoms with Crippen molar-refractivity contribution in [2.45, 2.75) is 33.2 Å². The number of hydrogen-bond acceptors (Lipinski definition) is 2. The summed E-state index contributed by atoms with van der Waals surface area (Å²) in [6.07, 6.45) is 0.516. The zero-order chi connectivity index (χ0) is 8.36. The van der Waals surface area contributed by atoms with Gasteiger partial charge in [0.2, 0.25) is 0 Å². The summed E-state index contributed by atoms with van der Waals surface area (Å²) in [5.74, 6) is -0.787. The number of hydrogen-bond donors (Lipinski definition) is 2. The fourth-order valence-electron chi connectivity index (χ4n) is 0.892. The van der Waals surface area contributed by atoms with E-state index in [0.717, 1.165) is 0 Å². The molecule has 0 unspecified atom stereocenters. The minimum absolute atomic E-state index is 0.0499. The van der Waals surface area contributed by atoms with Gasteiger partial charge in [0.05, 0.1) is 5.41 Å². The third-order valence-corrected chi connectivity index (χ3v) is 1.41. The third-order valence-electron chi connectivity index (χ3n) is 1.41. The molecule has 0 fully saturated rings. The van der Waals surface area contributed by atoms with Crippen molar-refractivity contribution < 1.29 is 9.90 Å². The lowest BCUT2D eigenvalue weighted by Crippen LogP contribution is -2.31. The van der Waals surface area contributed by atoms with Crippen molar-refractivity contribution in [2.75, 3.05) is 0 Å². The highest BCUT2D eigenvalue weighted by molar-refractivity contribution is 5.73. The number of carboxylic acid groups (broad SMARTS) is 1. The van der Waals surface area contributed by atoms with Crippen LogP contribution in [0.25, 0.3) is 0 Å². The van der Waals surface area contributed by atoms with E-state index in [1.54, 1.807) is 13.8 Å². The highest BCUT2D eigenvalue weighted by Gasteiger charge is 2.27. The molecule has 60 valence electrons. The molecule has 0 rings (SSSR count). The fourth-order valence-corrected chi connectivity index (χ4v) is 0.892. The molecular weight excluding hydrogens is 130 g/mol. The van der Waals surface area contributed by atoms with Gasteiger partial charge in [-0.25, -0.2) is 0 Å². The average Bonchev–Trinajstić information content (AvgIpc) is 1.60. The van der Waals surface area contributed by atoms with Crippen LogP contribution in [0.15, 0.2) is 0 Å². The van der Waals surface area contributed by atoms with Crippen LogP contribution in [-0.4, -0.2) is 17.1 Å². The molecule has 0 heterocycles. The topological polar surface area (TPSA) is 63.3 Å². The first-order chi connectivity index (χ1) is 4.36. The molecule has 0 aliphatic rings. The molecule has 3 heteroatoms. The Morgan fingerprint density at radius 2 is 2.10 bits per heavy atom. The Morgan fingerprint density at radius 3 is 2.20 bits per heavy atom. The van der Waals surface area contributed by atoms with Crippen LogP contribution in [-0.2, 0) is 4.79 Å². The van der Waals surface area contributed by atoms with E-state index in [9.17, 15) is 4.79 Å². The lowest BCUT2D eigenvalue weighted by atomic mass is 9.87. The van der Waals surface area contributed by atoms with E-state index in [1.165, 1.54) is 0 Å². The molecular formula is C7H15NO2. The van der Waals surface area contributed by atoms with Crippen molar-refractivity contribution in [3.05, 3.63) is 0 Å². The van der Waals surface area contributed by atoms with Crippen LogP contribution >= 0.6 is 0 Å². The Hall–Kier alpha value is -0.570. The lowest BCUT2D eigenvalue weighted by molar-refractivity contribution is -0.147. The first-order valence-corrected chi connectivity index (χ1v) is 3.35. The van der Waals surface area contributed by atoms with Crippen LogP contribution in [0.2, 0.25) is 0 Å². The molecule has 0 aromatic rings. The van der Waals surface area contributed by atoms with Gasteiger partial charge >= 0.3 is 5.97 Å². The van der Waals surface area contributed by atoms with Gasteiger partial charge in [-0.3, -0.25) is 4.79 Å². The van der Waals surface area contributed by atoms with E-state index in [1.807, 2.05) is 6.92 Å². The predicted octanol–water partition coefficient (Wildman–Crippen LogP) is 0.835. The summed E-state index contributed by atoms with van der Waals surface area (Å²) >= 11 is 0. The largest absolute Gasteiger partial charge is 0.481 e. The van der Waals surface area contributed by atoms with Crippen LogP contribution in [0, 0.1) is 5.41 Å². The molecule has 0 radical (unpaired) electrons. The van der Waals surface area contributed by atoms with Gasteiger partial charge in [-0.2, -0.15) is 0 Å². The smallest absolute Gasteiger partial charge is 0.309 e. The van der Waals surface area contributed by atoms with Gasteiger partial charge < -0.3 is 10.8 Å². The molecule has 10 heavy (non-hydrogen) atoms. The first-order valence-electron chi connectivity index (χ1n) is 3.35. The SMILES string of the molecule is C[C@@H](N)CC(C)(C)C(=O)O. The van der Waals surface area contributed by atoms with E-state index < -0.39 is 11.4 Å². The van der Waals surface area contributed by atoms with Gasteiger partial charge in [0.1, 0.15) is 0 Å². The Bertz CT molecular complexity index is 130. The lowest BCUT2D eigenvalue weighted by Gasteiger charge is -2.20. The molecule has 3 nitrogen and oxygen atoms in total. The van der Waals surface area contributed by atoms with Gasteiger partial charge in [-0.1, -0.05) is 0 Å². The summed E-state index contributed by atoms with van der Waals surface area (Å²) in [6.45, 7) is 5.17. The van der Waals surface area contributed by atoms with E-state index in [2.05, 4.69) is 0 Å². The molecule has 0 aliphatic heterocycles. The Morgan fingerprint density at radius 1 is 1.70 bits per heavy atom. The molecule has 0 saturated heterocycles. The molecule has 0 bridgehead atoms. The van der Waals surface area contributed by atoms with Crippen LogP contribution in [0.4, 0.5) is 0 Å². The van der Waals surface area contributed by atoms with Crippen molar-refractivity contribution in [2.24, 2.45) is 11.1 Å². The molecule has 1 atom stereocenters. The van der Waals surface area contributed by atoms with Crippen molar-refractivity contribution in [3.8, 4) is 0 Å². The second-order valence-electron chi connectivity index (χ2n) is 3.37. The molecule has 0 amide bonds. The van der Waals surface area contributed by atoms with Crippen molar-refractivity contribution in [1.29, 1.82) is 0 Å². The summed E-state index contributed by atoms with van der Waals surface area (Å²) in [5.41, 5.74) is 4.77. The van der Waals surface area contributed by atoms with E-state index >= 15 is 0 Å². The van der Waals surface area contributed by atoms with Crippen LogP contribution in [0.3, 0.4) is 0 Å². The summed E-state index contributed by atoms with van der Waals surface area (Å²) in [4.78, 5) is 10.5. The van der Waals surface area contributed by atoms with Gasteiger partial charge in [0, 0.05) is 6.04 Å². The van der Waals surface area contributed by atoms with Gasteiger partial charge in [0.15, 0.2) is 0 Å². The predicted molar refractivity (Wildman–Crippen MR) is 39.7 cm³/mol. The summed E-state index contributed by atoms with van der Waals surface area (Å²) in [5, 5.41) is 8.63. The standard InChI is InChI=1S/C7H15NO2/c1-5(8)4-7(2,3)6(9)10/h5H,4,8H2,1-3H3,(H,9,10)/t5-/m1/s1. The maximum absolute atomic E-state index is 10.5. The van der Waals surface area contributed by atoms with Crippen molar-refractivity contribution >= 4 is 5.97 Å². The first kappa shape index (κ1) is 9.43. The van der Waals surface area contributed by atoms with Crippen LogP contribution in [0.1, 0.15) is 27.2 Å². The molecule has 0 spiro atoms. The van der Waals surface area contributed by atoms with Crippen molar-refractivity contribution in [1.82, 2.24) is 0 Å². The average molecular weight is 145 g/mol. The Kier molecular flexibility index (Phi) is 2.84. The van der Waals surface area contributed by atoms with Crippen LogP contribution in [0.5, 0.6) is 0 Å². The quantitative estimate of drug-likeness (QED) is 0.618. The fraction of sp³-hybridized carbons (Fsp3) is 0.857. The second-order valence-corrected chi connectivity index (χ2v) is 3.37. The number of rotatable bonds is 3. The molecule has 0 aliphatic carbocycles. The minimum atomic E-state index is -0.787. The minimum Gasteiger partial charge on any atom is -0.481 e. The van der Waals surface area contributed by atoms with Crippen LogP contribution < -0.4 is 5.73 Å². The van der Waals surface area contributed by atoms with Gasteiger partial charge in [-0.15, -0.1) is 0 Å². The molecule has 3 N–H and O–H groups in total. The molecule has 0 aromatic heterocycles. The van der Waals surface area contributed by atoms with E-state index in [-0.39, 0.29) is 6.04 Å². The number of nitrogens with two attached hydrogens (primary N) is 1. The maximum atomic E-state index is 10.5. The number of carbonyl (C=O) groups is 1. The monoisotopic (exact) mass is 145 g/mol. The number of aliphatic carboxylic acids is 1. The highest BCUT2D eigenvalue weighted by atomic mass is 16.4. The Labute approximate surface area is 61.2 Å². The second kappa shape index (κ2) is 3.01. The zero-order valence-corrected chi connectivity index (χ0v) is 6.72. The third kappa shape index (κ3) is 2.82. The van der Waals surface area contributed by atoms with Gasteiger partial charge in [0.25, 0.3) is 0 Å². The van der Waals surface area contributed by atoms with E-state index in [0.29, 0.717) is 6.42 Å². The van der Waals surface area contributed by atoms with Crippen molar-refractivity contribution in [3.63, 3.8) is 0 Å². The molecule has 0 aromatic carbocycles. The Balaban J connectivity index is 4.00. The summed E-state index contributed by atoms with van der Waals surface area (Å²) in [6, 6.07) is -0.0499. The maximum Gasteiger partial charge on any atom is 0.309 e. The molecule has 0 saturated carbocycles. The van der Waals surface area contributed by atoms with E-state index in [4.69, 9.17) is 10.8 Å². The normalized spacial score (nSPS) is 14.8. The summed E-state index contributed by atoms with van der Waals surface area (Å²) < 4.78 is 0. The van der Waals surface area contributed by atoms with Gasteiger partial charge in [-0.05, 0) is 27.2 Å².